The molecule has 0 aliphatic heterocycles. The zero-order chi connectivity index (χ0) is 12.1. The molecule has 0 amide bonds. The number of aliphatic carboxylic acids is 1. The van der Waals surface area contributed by atoms with E-state index in [9.17, 15) is 9.59 Å². The van der Waals surface area contributed by atoms with Gasteiger partial charge in [-0.2, -0.15) is 0 Å². The summed E-state index contributed by atoms with van der Waals surface area (Å²) in [4.78, 5) is 22.1. The van der Waals surface area contributed by atoms with Gasteiger partial charge < -0.3 is 10.4 Å². The summed E-state index contributed by atoms with van der Waals surface area (Å²) in [6, 6.07) is 6.77. The van der Waals surface area contributed by atoms with Crippen LogP contribution in [0, 0.1) is 0 Å². The lowest BCUT2D eigenvalue weighted by Crippen LogP contribution is -2.15. The van der Waals surface area contributed by atoms with Gasteiger partial charge in [-0.3, -0.25) is 9.59 Å². The molecule has 16 heavy (non-hydrogen) atoms. The predicted octanol–water partition coefficient (Wildman–Crippen LogP) is 1.94. The summed E-state index contributed by atoms with van der Waals surface area (Å²) in [5, 5.41) is 11.2. The first-order chi connectivity index (χ1) is 7.52. The minimum atomic E-state index is -0.974. The summed E-state index contributed by atoms with van der Waals surface area (Å²) in [6.07, 6.45) is 0. The van der Waals surface area contributed by atoms with E-state index in [1.807, 2.05) is 0 Å². The Morgan fingerprint density at radius 2 is 2.00 bits per heavy atom. The second kappa shape index (κ2) is 5.11. The van der Waals surface area contributed by atoms with Crippen LogP contribution in [0.2, 0.25) is 0 Å². The molecular weight excluding hydrogens is 206 g/mol. The zero-order valence-electron chi connectivity index (χ0n) is 8.99. The highest BCUT2D eigenvalue weighted by Gasteiger charge is 2.11. The molecule has 84 valence electrons. The molecule has 0 saturated heterocycles. The third-order valence-electron chi connectivity index (χ3n) is 1.99. The molecule has 2 N–H and O–H groups in total. The van der Waals surface area contributed by atoms with E-state index in [1.54, 1.807) is 31.2 Å². The van der Waals surface area contributed by atoms with Crippen LogP contribution in [0.1, 0.15) is 17.3 Å². The number of Topliss-reactive ketones (excluding diaryl/α,β-unsaturated/α-hetero) is 1. The van der Waals surface area contributed by atoms with Gasteiger partial charge in [-0.15, -0.1) is 0 Å². The first-order valence-corrected chi connectivity index (χ1v) is 4.77. The van der Waals surface area contributed by atoms with Gasteiger partial charge in [0.1, 0.15) is 6.54 Å². The summed E-state index contributed by atoms with van der Waals surface area (Å²) >= 11 is 0. The molecule has 0 aliphatic carbocycles. The fourth-order valence-electron chi connectivity index (χ4n) is 1.24. The van der Waals surface area contributed by atoms with Gasteiger partial charge in [0.15, 0.2) is 5.78 Å². The van der Waals surface area contributed by atoms with Gasteiger partial charge >= 0.3 is 5.97 Å². The maximum atomic E-state index is 11.7. The van der Waals surface area contributed by atoms with Gasteiger partial charge in [0.05, 0.1) is 0 Å². The first kappa shape index (κ1) is 12.0. The Morgan fingerprint density at radius 1 is 1.38 bits per heavy atom. The minimum absolute atomic E-state index is 0.187. The van der Waals surface area contributed by atoms with Crippen molar-refractivity contribution in [3.8, 4) is 0 Å². The van der Waals surface area contributed by atoms with E-state index in [2.05, 4.69) is 11.9 Å². The van der Waals surface area contributed by atoms with Crippen LogP contribution >= 0.6 is 0 Å². The van der Waals surface area contributed by atoms with Crippen molar-refractivity contribution in [3.05, 3.63) is 42.0 Å². The SMILES string of the molecule is C=C(C)C(=O)c1ccccc1NCC(=O)O. The number of rotatable bonds is 5. The number of hydrogen-bond donors (Lipinski definition) is 2. The summed E-state index contributed by atoms with van der Waals surface area (Å²) in [6.45, 7) is 4.97. The van der Waals surface area contributed by atoms with Crippen molar-refractivity contribution in [2.75, 3.05) is 11.9 Å². The Hall–Kier alpha value is -2.10. The monoisotopic (exact) mass is 219 g/mol. The van der Waals surface area contributed by atoms with Crippen molar-refractivity contribution >= 4 is 17.4 Å². The van der Waals surface area contributed by atoms with E-state index in [4.69, 9.17) is 5.11 Å². The number of carbonyl (C=O) groups excluding carboxylic acids is 1. The number of hydrogen-bond acceptors (Lipinski definition) is 3. The molecule has 0 unspecified atom stereocenters. The highest BCUT2D eigenvalue weighted by atomic mass is 16.4. The normalized spacial score (nSPS) is 9.56. The molecule has 4 heteroatoms. The van der Waals surface area contributed by atoms with E-state index in [0.717, 1.165) is 0 Å². The van der Waals surface area contributed by atoms with Crippen LogP contribution in [0.15, 0.2) is 36.4 Å². The van der Waals surface area contributed by atoms with Crippen molar-refractivity contribution < 1.29 is 14.7 Å². The fourth-order valence-corrected chi connectivity index (χ4v) is 1.24. The third kappa shape index (κ3) is 2.95. The molecule has 0 spiro atoms. The molecular formula is C12H13NO3. The minimum Gasteiger partial charge on any atom is -0.480 e. The van der Waals surface area contributed by atoms with Crippen molar-refractivity contribution in [3.63, 3.8) is 0 Å². The molecule has 0 aromatic heterocycles. The Labute approximate surface area is 93.6 Å². The number of benzene rings is 1. The lowest BCUT2D eigenvalue weighted by molar-refractivity contribution is -0.134. The summed E-state index contributed by atoms with van der Waals surface area (Å²) in [5.41, 5.74) is 1.37. The first-order valence-electron chi connectivity index (χ1n) is 4.77. The van der Waals surface area contributed by atoms with E-state index in [1.165, 1.54) is 0 Å². The molecule has 1 rings (SSSR count). The Morgan fingerprint density at radius 3 is 2.56 bits per heavy atom. The van der Waals surface area contributed by atoms with Gasteiger partial charge in [0.2, 0.25) is 0 Å². The van der Waals surface area contributed by atoms with Crippen LogP contribution in [-0.4, -0.2) is 23.4 Å². The number of anilines is 1. The second-order valence-corrected chi connectivity index (χ2v) is 3.40. The van der Waals surface area contributed by atoms with E-state index in [0.29, 0.717) is 16.8 Å². The van der Waals surface area contributed by atoms with Crippen LogP contribution < -0.4 is 5.32 Å². The maximum absolute atomic E-state index is 11.7. The maximum Gasteiger partial charge on any atom is 0.322 e. The van der Waals surface area contributed by atoms with Crippen LogP contribution in [0.5, 0.6) is 0 Å². The largest absolute Gasteiger partial charge is 0.480 e. The van der Waals surface area contributed by atoms with Crippen molar-refractivity contribution in [1.82, 2.24) is 0 Å². The Kier molecular flexibility index (Phi) is 3.83. The smallest absolute Gasteiger partial charge is 0.322 e. The van der Waals surface area contributed by atoms with E-state index >= 15 is 0 Å². The lowest BCUT2D eigenvalue weighted by atomic mass is 10.0. The molecule has 4 nitrogen and oxygen atoms in total. The van der Waals surface area contributed by atoms with Gasteiger partial charge in [-0.1, -0.05) is 18.7 Å². The molecule has 0 radical (unpaired) electrons. The molecule has 0 aliphatic rings. The van der Waals surface area contributed by atoms with Crippen LogP contribution in [0.25, 0.3) is 0 Å². The molecule has 0 heterocycles. The molecule has 1 aromatic rings. The molecule has 0 atom stereocenters. The standard InChI is InChI=1S/C12H13NO3/c1-8(2)12(16)9-5-3-4-6-10(9)13-7-11(14)15/h3-6,13H,1,7H2,2H3,(H,14,15). The molecule has 0 fully saturated rings. The lowest BCUT2D eigenvalue weighted by Gasteiger charge is -2.09. The van der Waals surface area contributed by atoms with Crippen molar-refractivity contribution in [2.24, 2.45) is 0 Å². The third-order valence-corrected chi connectivity index (χ3v) is 1.99. The van der Waals surface area contributed by atoms with E-state index < -0.39 is 5.97 Å². The predicted molar refractivity (Wildman–Crippen MR) is 61.7 cm³/mol. The Balaban J connectivity index is 2.96. The highest BCUT2D eigenvalue weighted by molar-refractivity contribution is 6.11. The zero-order valence-corrected chi connectivity index (χ0v) is 8.99. The van der Waals surface area contributed by atoms with Gasteiger partial charge in [-0.25, -0.2) is 0 Å². The van der Waals surface area contributed by atoms with Gasteiger partial charge in [0, 0.05) is 11.3 Å². The second-order valence-electron chi connectivity index (χ2n) is 3.40. The van der Waals surface area contributed by atoms with Crippen molar-refractivity contribution in [2.45, 2.75) is 6.92 Å². The Bertz CT molecular complexity index is 438. The fraction of sp³-hybridized carbons (Fsp3) is 0.167. The van der Waals surface area contributed by atoms with Crippen LogP contribution in [-0.2, 0) is 4.79 Å². The number of para-hydroxylation sites is 1. The quantitative estimate of drug-likeness (QED) is 0.586. The van der Waals surface area contributed by atoms with Gasteiger partial charge in [-0.05, 0) is 24.6 Å². The topological polar surface area (TPSA) is 66.4 Å². The summed E-state index contributed by atoms with van der Waals surface area (Å²) in [7, 11) is 0. The van der Waals surface area contributed by atoms with Crippen LogP contribution in [0.3, 0.4) is 0 Å². The average molecular weight is 219 g/mol. The molecule has 0 saturated carbocycles. The highest BCUT2D eigenvalue weighted by Crippen LogP contribution is 2.17. The number of carboxylic acids is 1. The number of carbonyl (C=O) groups is 2. The number of carboxylic acid groups (broad SMARTS) is 1. The summed E-state index contributed by atoms with van der Waals surface area (Å²) in [5.74, 6) is -1.16. The molecule has 1 aromatic carbocycles. The average Bonchev–Trinajstić information content (AvgIpc) is 2.25. The summed E-state index contributed by atoms with van der Waals surface area (Å²) < 4.78 is 0. The number of ketones is 1. The van der Waals surface area contributed by atoms with Crippen molar-refractivity contribution in [1.29, 1.82) is 0 Å². The van der Waals surface area contributed by atoms with E-state index in [-0.39, 0.29) is 12.3 Å². The number of nitrogens with one attached hydrogen (secondary N) is 1. The molecule has 0 bridgehead atoms. The van der Waals surface area contributed by atoms with Crippen LogP contribution in [0.4, 0.5) is 5.69 Å². The van der Waals surface area contributed by atoms with Gasteiger partial charge in [0.25, 0.3) is 0 Å². The number of allylic oxidation sites excluding steroid dienone is 1.